The number of nitrogens with one attached hydrogen (secondary N) is 4. The maximum absolute atomic E-state index is 14.9. The molecule has 6 aliphatic rings. The second kappa shape index (κ2) is 45.7. The van der Waals surface area contributed by atoms with E-state index in [-0.39, 0.29) is 24.8 Å². The Morgan fingerprint density at radius 1 is 0.435 bits per heavy atom. The standard InChI is InChI=1S/C15H20FN5O5.C12H17FN6O2.C12H16FN5O3.2C11H14FN5O4.C10H13FN6O4/c1-3-4-7-25-13(23)15(8-18-20-17)9(2)11(16)12(26-15)21-6-5-10(22)19-14(21)24;1-3-12(6-16-18-15)7(2)9(13)10(21-12)19-5-4-8(14)17-11(19)20;1-3-12(6-15-17-14)7(2)9(13)10(21-12)18-5-4-8(19)16-11(18)20;2*1-6-8(12)9(17-3-2-7(19)15-10(17)20)21-11(6,5-18)4-14-16-13;11-6-7(19)10(4-18,3-14-16-13)21-8(6)17-2-1-5(12)15-9(17)20/h5-6,9,11-12H,3-4,7-8H2,1-2H3,(H,19,22,24);4-5,7,9-10H,3,6H2,1-2H3,(H2,14,17,20);4-5,7,9-10H,3,6H2,1-2H3,(H,16,19,20);2*2-3,6,8-9,18H,4-5H2,1H3,(H,15,19,20);1-2,6-8,18-19H,3-4H2,(H2,12,15,20)/t9-,11+,12+,15-;2*7-,9+,10+,12-;6-,8+,9?,11+;6-,8+,9+,11+;6-,7+,8-,10-/m000001/s1/i;2*3D2;5D2;;4D2. The van der Waals surface area contributed by atoms with Gasteiger partial charge < -0.3 is 65.1 Å². The van der Waals surface area contributed by atoms with Crippen LogP contribution in [0.5, 0.6) is 0 Å². The number of H-pyrrole nitrogens is 4. The number of hydrogen-bond donors (Lipinski definition) is 10. The van der Waals surface area contributed by atoms with E-state index in [0.29, 0.717) is 11.0 Å². The van der Waals surface area contributed by atoms with E-state index in [0.717, 1.165) is 84.5 Å². The molecule has 6 fully saturated rings. The van der Waals surface area contributed by atoms with Crippen molar-refractivity contribution in [1.29, 1.82) is 0 Å². The van der Waals surface area contributed by atoms with Crippen LogP contribution in [0.25, 0.3) is 62.7 Å². The molecule has 0 saturated carbocycles. The van der Waals surface area contributed by atoms with Gasteiger partial charge in [0.1, 0.15) is 34.5 Å². The van der Waals surface area contributed by atoms with Gasteiger partial charge in [0, 0.05) is 126 Å². The summed E-state index contributed by atoms with van der Waals surface area (Å²) < 4.78 is 192. The Morgan fingerprint density at radius 3 is 1.04 bits per heavy atom. The minimum Gasteiger partial charge on any atom is -0.464 e. The number of nitrogens with zero attached hydrogens (tertiary/aromatic N) is 26. The van der Waals surface area contributed by atoms with Crippen LogP contribution < -0.4 is 67.8 Å². The third-order valence-corrected chi connectivity index (χ3v) is 22.2. The van der Waals surface area contributed by atoms with Gasteiger partial charge in [-0.2, -0.15) is 9.97 Å². The molecule has 60 heteroatoms. The van der Waals surface area contributed by atoms with Gasteiger partial charge in [-0.3, -0.25) is 66.5 Å². The van der Waals surface area contributed by atoms with Crippen molar-refractivity contribution in [2.45, 2.75) is 195 Å². The first-order valence-corrected chi connectivity index (χ1v) is 38.7. The summed E-state index contributed by atoms with van der Waals surface area (Å²) in [5.74, 6) is -6.04. The summed E-state index contributed by atoms with van der Waals surface area (Å²) in [5, 5.41) is 58.5. The normalized spacial score (nSPS) is 32.4. The van der Waals surface area contributed by atoms with Crippen molar-refractivity contribution in [3.05, 3.63) is 241 Å². The molecule has 0 amide bonds. The molecule has 131 heavy (non-hydrogen) atoms. The maximum Gasteiger partial charge on any atom is 0.351 e. The number of ether oxygens (including phenoxy) is 7. The maximum atomic E-state index is 14.9. The lowest BCUT2D eigenvalue weighted by Crippen LogP contribution is -2.48. The number of aliphatic hydroxyl groups is 4. The van der Waals surface area contributed by atoms with E-state index in [1.807, 2.05) is 26.9 Å². The molecule has 12 rings (SSSR count). The molecule has 0 radical (unpaired) electrons. The Kier molecular flexibility index (Phi) is 32.2. The van der Waals surface area contributed by atoms with Gasteiger partial charge in [0.25, 0.3) is 22.2 Å². The lowest BCUT2D eigenvalue weighted by molar-refractivity contribution is -0.177. The predicted octanol–water partition coefficient (Wildman–Crippen LogP) is 3.98. The molecule has 54 nitrogen and oxygen atoms in total. The van der Waals surface area contributed by atoms with Gasteiger partial charge in [0.05, 0.1) is 82.3 Å². The van der Waals surface area contributed by atoms with Crippen LogP contribution in [-0.4, -0.2) is 226 Å². The van der Waals surface area contributed by atoms with Crippen LogP contribution in [0.4, 0.5) is 38.0 Å². The van der Waals surface area contributed by atoms with Gasteiger partial charge in [0.15, 0.2) is 80.0 Å². The smallest absolute Gasteiger partial charge is 0.351 e. The van der Waals surface area contributed by atoms with Gasteiger partial charge in [-0.1, -0.05) is 92.5 Å². The van der Waals surface area contributed by atoms with Crippen LogP contribution in [0.3, 0.4) is 0 Å². The third-order valence-electron chi connectivity index (χ3n) is 22.2. The molecule has 24 atom stereocenters. The summed E-state index contributed by atoms with van der Waals surface area (Å²) in [6.07, 6.45) is -18.3. The van der Waals surface area contributed by atoms with Crippen molar-refractivity contribution in [2.24, 2.45) is 60.3 Å². The molecule has 0 bridgehead atoms. The second-order valence-corrected chi connectivity index (χ2v) is 29.5. The number of carbonyl (C=O) groups is 1. The van der Waals surface area contributed by atoms with Crippen molar-refractivity contribution in [3.63, 3.8) is 0 Å². The van der Waals surface area contributed by atoms with Crippen LogP contribution in [0.15, 0.2) is 152 Å². The van der Waals surface area contributed by atoms with Gasteiger partial charge in [-0.15, -0.1) is 0 Å². The lowest BCUT2D eigenvalue weighted by atomic mass is 9.85. The monoisotopic (exact) mass is 1870 g/mol. The molecule has 712 valence electrons. The van der Waals surface area contributed by atoms with Crippen LogP contribution in [0, 0.1) is 29.6 Å². The fourth-order valence-corrected chi connectivity index (χ4v) is 14.1. The molecule has 6 saturated heterocycles. The minimum absolute atomic E-state index is 0.0149. The highest BCUT2D eigenvalue weighted by Gasteiger charge is 2.62. The highest BCUT2D eigenvalue weighted by molar-refractivity contribution is 5.81. The van der Waals surface area contributed by atoms with Crippen molar-refractivity contribution < 1.29 is 95.7 Å². The zero-order valence-corrected chi connectivity index (χ0v) is 70.1. The molecule has 12 heterocycles. The fraction of sp³-hybridized carbons (Fsp3) is 0.648. The third kappa shape index (κ3) is 22.9. The van der Waals surface area contributed by atoms with E-state index in [1.165, 1.54) is 66.8 Å². The van der Waals surface area contributed by atoms with Crippen LogP contribution in [0.2, 0.25) is 0 Å². The molecular weight excluding hydrogens is 1770 g/mol. The number of azide groups is 6. The summed E-state index contributed by atoms with van der Waals surface area (Å²) in [7, 11) is 0. The molecule has 0 aromatic carbocycles. The van der Waals surface area contributed by atoms with Gasteiger partial charge in [0.2, 0.25) is 0 Å². The number of alkyl halides is 6. The van der Waals surface area contributed by atoms with Crippen LogP contribution in [0.1, 0.15) is 129 Å². The average Bonchev–Trinajstić information content (AvgIpc) is 1.60. The van der Waals surface area contributed by atoms with Crippen molar-refractivity contribution >= 4 is 17.6 Å². The summed E-state index contributed by atoms with van der Waals surface area (Å²) in [6.45, 7) is 1.47. The number of aromatic nitrogens is 12. The number of aliphatic hydroxyl groups excluding tert-OH is 2. The Hall–Kier alpha value is -13.4. The predicted molar refractivity (Wildman–Crippen MR) is 441 cm³/mol. The van der Waals surface area contributed by atoms with Crippen molar-refractivity contribution in [1.82, 2.24) is 57.3 Å². The summed E-state index contributed by atoms with van der Waals surface area (Å²) >= 11 is 0. The topological polar surface area (TPSA) is 796 Å². The number of nitrogen functional groups attached to an aromatic ring is 2. The van der Waals surface area contributed by atoms with Gasteiger partial charge in [-0.25, -0.2) is 59.9 Å². The summed E-state index contributed by atoms with van der Waals surface area (Å²) in [6, 6.07) is 6.60. The van der Waals surface area contributed by atoms with E-state index >= 15 is 0 Å². The Bertz CT molecular complexity index is 6100. The van der Waals surface area contributed by atoms with Crippen molar-refractivity contribution in [3.8, 4) is 0 Å². The first kappa shape index (κ1) is 92.3. The fourth-order valence-electron chi connectivity index (χ4n) is 14.1. The molecule has 0 aliphatic carbocycles. The number of esters is 1. The average molecular weight is 1870 g/mol. The number of aromatic amines is 4. The molecule has 0 spiro atoms. The molecule has 12 N–H and O–H groups in total. The molecule has 6 aromatic rings. The summed E-state index contributed by atoms with van der Waals surface area (Å²) in [4.78, 5) is 158. The minimum atomic E-state index is -3.26. The molecular formula is C71H94F6N32O22. The van der Waals surface area contributed by atoms with Crippen LogP contribution >= 0.6 is 0 Å². The number of hydrogen-bond acceptors (Lipinski definition) is 32. The lowest BCUT2D eigenvalue weighted by Gasteiger charge is -2.29. The van der Waals surface area contributed by atoms with E-state index in [1.54, 1.807) is 0 Å². The summed E-state index contributed by atoms with van der Waals surface area (Å²) in [5.41, 5.74) is 42.1. The number of anilines is 2. The number of unbranched alkanes of at least 4 members (excludes halogenated alkanes) is 1. The largest absolute Gasteiger partial charge is 0.464 e. The van der Waals surface area contributed by atoms with Gasteiger partial charge in [-0.05, 0) is 64.5 Å². The molecule has 6 aromatic heterocycles. The number of halogens is 6. The highest BCUT2D eigenvalue weighted by atomic mass is 19.2. The first-order valence-electron chi connectivity index (χ1n) is 42.7. The Morgan fingerprint density at radius 2 is 0.710 bits per heavy atom. The van der Waals surface area contributed by atoms with E-state index in [9.17, 15) is 99.5 Å². The van der Waals surface area contributed by atoms with E-state index in [4.69, 9.17) is 88.8 Å². The number of carbonyl (C=O) groups excluding carboxylic acids is 1. The number of rotatable bonds is 27. The SMILES string of the molecule is CCCCOC(=O)[C@@]1(CN=[N+]=[N-])O[C@@H](n2ccc(=O)[nH]c2=O)[C@H](F)[C@@H]1C.C[C@H]1[C@@H](F)[C@H](n2ccc(=O)[nH]c2=O)O[C@@]1(CO)CN=[N+]=[N-].[2H]C([2H])(C)[C@@]1(CN=[N+]=[N-])O[C@@H](n2ccc(=O)[nH]c2=O)[C@H](F)[C@@H]1C.[2H]C([2H])(C)[C@@]1(CN=[N+]=[N-])O[C@@H](n2ccc(N)nc2=O)[C@H](F)[C@@H]1C.[2H]C([2H])(O)[C@@]1(CN=[N+]=[N-])OC(n2ccc(=O)[nH]c2=O)[C@H](F)[C@@H]1C.[2H]C([2H])(O)[C@@]1(CN=[N+]=[N-])O[C@@H](n2ccc(N)nc2=O)[C@H](F)[C@@H]1O. The van der Waals surface area contributed by atoms with E-state index in [2.05, 4.69) is 70.1 Å². The first-order chi connectivity index (χ1) is 64.9. The Balaban J connectivity index is 0.000000227. The second-order valence-electron chi connectivity index (χ2n) is 29.5. The van der Waals surface area contributed by atoms with Crippen LogP contribution in [-0.2, 0) is 38.0 Å². The highest BCUT2D eigenvalue weighted by Crippen LogP contribution is 2.49. The molecule has 1 unspecified atom stereocenters. The zero-order valence-electron chi connectivity index (χ0n) is 78.1. The molecule has 6 aliphatic heterocycles. The van der Waals surface area contributed by atoms with E-state index < -0.39 is 271 Å². The van der Waals surface area contributed by atoms with Gasteiger partial charge >= 0.3 is 40.1 Å². The number of nitrogens with two attached hydrogens (primary N) is 2. The van der Waals surface area contributed by atoms with Crippen molar-refractivity contribution in [2.75, 3.05) is 77.1 Å². The quantitative estimate of drug-likeness (QED) is 0.00870. The Labute approximate surface area is 741 Å². The zero-order chi connectivity index (χ0) is 105.